The van der Waals surface area contributed by atoms with E-state index in [1.165, 1.54) is 5.56 Å². The Balaban J connectivity index is 1.99. The van der Waals surface area contributed by atoms with Gasteiger partial charge in [0.2, 0.25) is 0 Å². The monoisotopic (exact) mass is 237 g/mol. The minimum absolute atomic E-state index is 0.358. The molecule has 0 radical (unpaired) electrons. The summed E-state index contributed by atoms with van der Waals surface area (Å²) in [5.41, 5.74) is 1.26. The van der Waals surface area contributed by atoms with Crippen molar-refractivity contribution in [2.75, 3.05) is 6.54 Å². The predicted octanol–water partition coefficient (Wildman–Crippen LogP) is 2.89. The molecule has 1 aliphatic rings. The molecular weight excluding hydrogens is 222 g/mol. The molecule has 1 saturated heterocycles. The van der Waals surface area contributed by atoms with E-state index >= 15 is 0 Å². The lowest BCUT2D eigenvalue weighted by Crippen LogP contribution is -2.40. The largest absolute Gasteiger partial charge is 0.300 e. The van der Waals surface area contributed by atoms with Crippen LogP contribution < -0.4 is 0 Å². The van der Waals surface area contributed by atoms with Gasteiger partial charge in [-0.2, -0.15) is 0 Å². The van der Waals surface area contributed by atoms with Gasteiger partial charge >= 0.3 is 0 Å². The van der Waals surface area contributed by atoms with Crippen LogP contribution in [0, 0.1) is 0 Å². The number of rotatable bonds is 2. The lowest BCUT2D eigenvalue weighted by atomic mass is 10.0. The second-order valence-electron chi connectivity index (χ2n) is 4.44. The van der Waals surface area contributed by atoms with E-state index in [2.05, 4.69) is 11.8 Å². The fraction of sp³-hybridized carbons (Fsp3) is 0.462. The van der Waals surface area contributed by atoms with Crippen LogP contribution in [0.1, 0.15) is 25.3 Å². The molecule has 0 aliphatic carbocycles. The third-order valence-electron chi connectivity index (χ3n) is 3.12. The molecule has 0 aromatic heterocycles. The van der Waals surface area contributed by atoms with E-state index in [0.29, 0.717) is 24.7 Å². The summed E-state index contributed by atoms with van der Waals surface area (Å²) < 4.78 is 0. The molecule has 1 aromatic carbocycles. The highest BCUT2D eigenvalue weighted by Gasteiger charge is 2.23. The van der Waals surface area contributed by atoms with Crippen LogP contribution in [0.4, 0.5) is 0 Å². The molecule has 0 amide bonds. The molecular formula is C13H16ClNO. The highest BCUT2D eigenvalue weighted by atomic mass is 35.5. The average molecular weight is 238 g/mol. The van der Waals surface area contributed by atoms with Crippen LogP contribution >= 0.6 is 11.6 Å². The minimum atomic E-state index is 0.358. The van der Waals surface area contributed by atoms with Crippen molar-refractivity contribution in [1.29, 1.82) is 0 Å². The van der Waals surface area contributed by atoms with Crippen molar-refractivity contribution < 1.29 is 4.79 Å². The number of likely N-dealkylation sites (tertiary alicyclic amines) is 1. The summed E-state index contributed by atoms with van der Waals surface area (Å²) in [6.07, 6.45) is 1.38. The maximum atomic E-state index is 11.3. The number of hydrogen-bond donors (Lipinski definition) is 0. The summed E-state index contributed by atoms with van der Waals surface area (Å²) in [6, 6.07) is 8.28. The molecule has 2 rings (SSSR count). The second-order valence-corrected chi connectivity index (χ2v) is 4.88. The first-order valence-electron chi connectivity index (χ1n) is 5.65. The van der Waals surface area contributed by atoms with E-state index < -0.39 is 0 Å². The number of piperidine rings is 1. The van der Waals surface area contributed by atoms with Gasteiger partial charge in [-0.25, -0.2) is 0 Å². The van der Waals surface area contributed by atoms with Crippen LogP contribution in [0.5, 0.6) is 0 Å². The Bertz CT molecular complexity index is 374. The third kappa shape index (κ3) is 2.83. The summed E-state index contributed by atoms with van der Waals surface area (Å²) in [5, 5.41) is 0.769. The van der Waals surface area contributed by atoms with Gasteiger partial charge in [-0.1, -0.05) is 23.7 Å². The SMILES string of the molecule is CC1CC(=O)CCN1Cc1ccc(Cl)cc1. The van der Waals surface area contributed by atoms with Crippen molar-refractivity contribution >= 4 is 17.4 Å². The Morgan fingerprint density at radius 1 is 1.38 bits per heavy atom. The molecule has 1 heterocycles. The highest BCUT2D eigenvalue weighted by molar-refractivity contribution is 6.30. The quantitative estimate of drug-likeness (QED) is 0.789. The maximum Gasteiger partial charge on any atom is 0.135 e. The van der Waals surface area contributed by atoms with Gasteiger partial charge in [-0.05, 0) is 24.6 Å². The Labute approximate surface area is 101 Å². The topological polar surface area (TPSA) is 20.3 Å². The Kier molecular flexibility index (Phi) is 3.62. The molecule has 1 unspecified atom stereocenters. The van der Waals surface area contributed by atoms with Crippen molar-refractivity contribution in [3.8, 4) is 0 Å². The molecule has 0 spiro atoms. The van der Waals surface area contributed by atoms with Crippen molar-refractivity contribution in [3.63, 3.8) is 0 Å². The first-order valence-corrected chi connectivity index (χ1v) is 6.03. The van der Waals surface area contributed by atoms with Crippen molar-refractivity contribution in [2.24, 2.45) is 0 Å². The predicted molar refractivity (Wildman–Crippen MR) is 65.6 cm³/mol. The lowest BCUT2D eigenvalue weighted by molar-refractivity contribution is -0.123. The summed E-state index contributed by atoms with van der Waals surface area (Å²) in [4.78, 5) is 13.6. The number of halogens is 1. The Hall–Kier alpha value is -0.860. The fourth-order valence-corrected chi connectivity index (χ4v) is 2.23. The molecule has 0 bridgehead atoms. The average Bonchev–Trinajstić information content (AvgIpc) is 2.25. The molecule has 1 aliphatic heterocycles. The standard InChI is InChI=1S/C13H16ClNO/c1-10-8-13(16)6-7-15(10)9-11-2-4-12(14)5-3-11/h2-5,10H,6-9H2,1H3. The summed E-state index contributed by atoms with van der Waals surface area (Å²) in [6.45, 7) is 3.90. The molecule has 1 fully saturated rings. The summed E-state index contributed by atoms with van der Waals surface area (Å²) >= 11 is 5.84. The van der Waals surface area contributed by atoms with E-state index in [1.54, 1.807) is 0 Å². The van der Waals surface area contributed by atoms with Gasteiger partial charge in [0, 0.05) is 37.0 Å². The van der Waals surface area contributed by atoms with Gasteiger partial charge in [0.15, 0.2) is 0 Å². The number of benzene rings is 1. The van der Waals surface area contributed by atoms with E-state index in [9.17, 15) is 4.79 Å². The van der Waals surface area contributed by atoms with Gasteiger partial charge in [0.25, 0.3) is 0 Å². The molecule has 86 valence electrons. The molecule has 0 N–H and O–H groups in total. The first-order chi connectivity index (χ1) is 7.65. The van der Waals surface area contributed by atoms with E-state index in [1.807, 2.05) is 24.3 Å². The smallest absolute Gasteiger partial charge is 0.135 e. The molecule has 2 nitrogen and oxygen atoms in total. The van der Waals surface area contributed by atoms with Crippen LogP contribution in [0.3, 0.4) is 0 Å². The van der Waals surface area contributed by atoms with Gasteiger partial charge in [-0.15, -0.1) is 0 Å². The van der Waals surface area contributed by atoms with Crippen molar-refractivity contribution in [2.45, 2.75) is 32.4 Å². The highest BCUT2D eigenvalue weighted by Crippen LogP contribution is 2.18. The van der Waals surface area contributed by atoms with Gasteiger partial charge < -0.3 is 0 Å². The van der Waals surface area contributed by atoms with Crippen LogP contribution in [0.15, 0.2) is 24.3 Å². The number of carbonyl (C=O) groups excluding carboxylic acids is 1. The number of carbonyl (C=O) groups is 1. The van der Waals surface area contributed by atoms with Crippen LogP contribution in [-0.4, -0.2) is 23.3 Å². The second kappa shape index (κ2) is 4.98. The number of Topliss-reactive ketones (excluding diaryl/α,β-unsaturated/α-hetero) is 1. The first kappa shape index (κ1) is 11.6. The number of hydrogen-bond acceptors (Lipinski definition) is 2. The minimum Gasteiger partial charge on any atom is -0.300 e. The zero-order valence-electron chi connectivity index (χ0n) is 9.45. The number of nitrogens with zero attached hydrogens (tertiary/aromatic N) is 1. The van der Waals surface area contributed by atoms with Gasteiger partial charge in [-0.3, -0.25) is 9.69 Å². The zero-order chi connectivity index (χ0) is 11.5. The summed E-state index contributed by atoms with van der Waals surface area (Å²) in [7, 11) is 0. The van der Waals surface area contributed by atoms with Crippen LogP contribution in [0.25, 0.3) is 0 Å². The van der Waals surface area contributed by atoms with E-state index in [4.69, 9.17) is 11.6 Å². The lowest BCUT2D eigenvalue weighted by Gasteiger charge is -2.32. The van der Waals surface area contributed by atoms with E-state index in [0.717, 1.165) is 18.1 Å². The molecule has 3 heteroatoms. The summed E-state index contributed by atoms with van der Waals surface area (Å²) in [5.74, 6) is 0.389. The fourth-order valence-electron chi connectivity index (χ4n) is 2.11. The Morgan fingerprint density at radius 2 is 2.06 bits per heavy atom. The van der Waals surface area contributed by atoms with E-state index in [-0.39, 0.29) is 0 Å². The van der Waals surface area contributed by atoms with Crippen LogP contribution in [0.2, 0.25) is 5.02 Å². The third-order valence-corrected chi connectivity index (χ3v) is 3.38. The molecule has 1 atom stereocenters. The molecule has 0 saturated carbocycles. The van der Waals surface area contributed by atoms with Crippen LogP contribution in [-0.2, 0) is 11.3 Å². The van der Waals surface area contributed by atoms with Gasteiger partial charge in [0.05, 0.1) is 0 Å². The number of ketones is 1. The van der Waals surface area contributed by atoms with Gasteiger partial charge in [0.1, 0.15) is 5.78 Å². The normalized spacial score (nSPS) is 22.4. The van der Waals surface area contributed by atoms with Crippen molar-refractivity contribution in [3.05, 3.63) is 34.9 Å². The maximum absolute atomic E-state index is 11.3. The van der Waals surface area contributed by atoms with Crippen molar-refractivity contribution in [1.82, 2.24) is 4.90 Å². The zero-order valence-corrected chi connectivity index (χ0v) is 10.2. The Morgan fingerprint density at radius 3 is 2.69 bits per heavy atom. The molecule has 16 heavy (non-hydrogen) atoms. The molecule has 1 aromatic rings.